The fourth-order valence-electron chi connectivity index (χ4n) is 2.49. The highest BCUT2D eigenvalue weighted by Crippen LogP contribution is 2.22. The molecule has 0 aliphatic carbocycles. The summed E-state index contributed by atoms with van der Waals surface area (Å²) in [6, 6.07) is 7.04. The van der Waals surface area contributed by atoms with Gasteiger partial charge in [0.15, 0.2) is 6.04 Å². The number of aliphatic imine (C=N–C) groups is 1. The van der Waals surface area contributed by atoms with E-state index >= 15 is 0 Å². The van der Waals surface area contributed by atoms with Gasteiger partial charge in [0.25, 0.3) is 5.91 Å². The predicted molar refractivity (Wildman–Crippen MR) is 80.8 cm³/mol. The van der Waals surface area contributed by atoms with Crippen molar-refractivity contribution in [1.29, 1.82) is 0 Å². The fraction of sp³-hybridized carbons (Fsp3) is 0.400. The molecule has 0 saturated heterocycles. The van der Waals surface area contributed by atoms with Crippen molar-refractivity contribution in [2.75, 3.05) is 6.61 Å². The first-order chi connectivity index (χ1) is 10.7. The zero-order chi connectivity index (χ0) is 15.5. The number of unbranched alkanes of at least 4 members (excludes halogenated alkanes) is 1. The Hall–Kier alpha value is -2.41. The molecule has 0 fully saturated rings. The van der Waals surface area contributed by atoms with E-state index in [1.54, 1.807) is 5.48 Å². The second kappa shape index (κ2) is 6.15. The van der Waals surface area contributed by atoms with E-state index in [-0.39, 0.29) is 6.61 Å². The van der Waals surface area contributed by atoms with Gasteiger partial charge in [-0.25, -0.2) is 10.5 Å². The Bertz CT molecular complexity index is 723. The molecule has 2 aromatic rings. The van der Waals surface area contributed by atoms with Crippen LogP contribution >= 0.6 is 0 Å². The highest BCUT2D eigenvalue weighted by atomic mass is 16.5. The molecular weight excluding hydrogens is 284 g/mol. The number of hydrogen-bond donors (Lipinski definition) is 2. The number of aryl methyl sites for hydroxylation is 1. The average Bonchev–Trinajstić information content (AvgIpc) is 3.15. The fourth-order valence-corrected chi connectivity index (χ4v) is 2.49. The summed E-state index contributed by atoms with van der Waals surface area (Å²) >= 11 is 0. The number of carbonyl (C=O) groups is 1. The number of amides is 1. The molecule has 7 nitrogen and oxygen atoms in total. The molecule has 2 heterocycles. The van der Waals surface area contributed by atoms with Gasteiger partial charge in [0.1, 0.15) is 12.3 Å². The molecule has 1 aliphatic rings. The lowest BCUT2D eigenvalue weighted by atomic mass is 10.2. The van der Waals surface area contributed by atoms with E-state index in [2.05, 4.69) is 17.0 Å². The minimum absolute atomic E-state index is 0.120. The molecule has 7 heteroatoms. The minimum atomic E-state index is -0.728. The van der Waals surface area contributed by atoms with Crippen molar-refractivity contribution in [3.05, 3.63) is 30.0 Å². The average molecular weight is 302 g/mol. The van der Waals surface area contributed by atoms with E-state index in [4.69, 9.17) is 9.94 Å². The van der Waals surface area contributed by atoms with Crippen LogP contribution in [0.5, 0.6) is 0 Å². The van der Waals surface area contributed by atoms with Crippen molar-refractivity contribution in [3.8, 4) is 0 Å². The van der Waals surface area contributed by atoms with Gasteiger partial charge >= 0.3 is 0 Å². The van der Waals surface area contributed by atoms with Crippen LogP contribution in [0.4, 0.5) is 0 Å². The maximum Gasteiger partial charge on any atom is 0.271 e. The zero-order valence-electron chi connectivity index (χ0n) is 12.3. The Morgan fingerprint density at radius 3 is 3.09 bits per heavy atom. The molecule has 1 aromatic carbocycles. The molecule has 0 spiro atoms. The summed E-state index contributed by atoms with van der Waals surface area (Å²) < 4.78 is 7.46. The normalized spacial score (nSPS) is 17.4. The van der Waals surface area contributed by atoms with Crippen molar-refractivity contribution in [3.63, 3.8) is 0 Å². The third-order valence-corrected chi connectivity index (χ3v) is 3.64. The van der Waals surface area contributed by atoms with Crippen LogP contribution in [0.3, 0.4) is 0 Å². The standard InChI is InChI=1S/C15H18N4O3/c1-2-3-8-19-13(10-6-4-5-7-11(10)17-19)15-16-12(9-22-15)14(20)18-21/h4-7,12,21H,2-3,8-9H2,1H3,(H,18,20)/t12-/m1/s1. The van der Waals surface area contributed by atoms with Crippen molar-refractivity contribution in [2.24, 2.45) is 4.99 Å². The molecule has 1 atom stereocenters. The summed E-state index contributed by atoms with van der Waals surface area (Å²) in [5.74, 6) is -0.169. The molecule has 0 radical (unpaired) electrons. The second-order valence-corrected chi connectivity index (χ2v) is 5.18. The molecule has 2 N–H and O–H groups in total. The molecule has 22 heavy (non-hydrogen) atoms. The van der Waals surface area contributed by atoms with E-state index in [9.17, 15) is 4.79 Å². The molecule has 0 unspecified atom stereocenters. The second-order valence-electron chi connectivity index (χ2n) is 5.18. The summed E-state index contributed by atoms with van der Waals surface area (Å²) in [6.07, 6.45) is 2.05. The van der Waals surface area contributed by atoms with Crippen LogP contribution in [0.15, 0.2) is 29.3 Å². The summed E-state index contributed by atoms with van der Waals surface area (Å²) in [5, 5.41) is 14.2. The van der Waals surface area contributed by atoms with E-state index in [1.165, 1.54) is 0 Å². The lowest BCUT2D eigenvalue weighted by Crippen LogP contribution is -2.31. The number of hydrogen-bond acceptors (Lipinski definition) is 5. The number of fused-ring (bicyclic) bond motifs is 1. The Kier molecular flexibility index (Phi) is 4.06. The van der Waals surface area contributed by atoms with Gasteiger partial charge in [0.2, 0.25) is 5.90 Å². The van der Waals surface area contributed by atoms with Crippen LogP contribution in [0.25, 0.3) is 10.9 Å². The summed E-state index contributed by atoms with van der Waals surface area (Å²) in [7, 11) is 0. The highest BCUT2D eigenvalue weighted by molar-refractivity contribution is 6.06. The van der Waals surface area contributed by atoms with Crippen molar-refractivity contribution < 1.29 is 14.7 Å². The van der Waals surface area contributed by atoms with Gasteiger partial charge in [-0.2, -0.15) is 5.10 Å². The summed E-state index contributed by atoms with van der Waals surface area (Å²) in [4.78, 5) is 15.8. The summed E-state index contributed by atoms with van der Waals surface area (Å²) in [5.41, 5.74) is 3.27. The van der Waals surface area contributed by atoms with Crippen LogP contribution < -0.4 is 5.48 Å². The molecule has 0 bridgehead atoms. The predicted octanol–water partition coefficient (Wildman–Crippen LogP) is 1.49. The van der Waals surface area contributed by atoms with E-state index in [0.717, 1.165) is 36.0 Å². The summed E-state index contributed by atoms with van der Waals surface area (Å²) in [6.45, 7) is 3.00. The quantitative estimate of drug-likeness (QED) is 0.647. The van der Waals surface area contributed by atoms with Gasteiger partial charge in [-0.1, -0.05) is 31.5 Å². The van der Waals surface area contributed by atoms with Gasteiger partial charge in [0.05, 0.1) is 5.52 Å². The van der Waals surface area contributed by atoms with Crippen LogP contribution in [0, 0.1) is 0 Å². The van der Waals surface area contributed by atoms with E-state index < -0.39 is 11.9 Å². The maximum absolute atomic E-state index is 11.5. The maximum atomic E-state index is 11.5. The molecular formula is C15H18N4O3. The number of nitrogens with zero attached hydrogens (tertiary/aromatic N) is 3. The first kappa shape index (κ1) is 14.5. The first-order valence-corrected chi connectivity index (χ1v) is 7.35. The topological polar surface area (TPSA) is 88.7 Å². The number of nitrogens with one attached hydrogen (secondary N) is 1. The van der Waals surface area contributed by atoms with Crippen molar-refractivity contribution >= 4 is 22.7 Å². The molecule has 1 aromatic heterocycles. The molecule has 0 saturated carbocycles. The lowest BCUT2D eigenvalue weighted by molar-refractivity contribution is -0.130. The number of aromatic nitrogens is 2. The SMILES string of the molecule is CCCCn1nc2ccccc2c1C1=N[C@@H](C(=O)NO)CO1. The van der Waals surface area contributed by atoms with Crippen molar-refractivity contribution in [2.45, 2.75) is 32.4 Å². The Balaban J connectivity index is 2.03. The van der Waals surface area contributed by atoms with Gasteiger partial charge in [-0.3, -0.25) is 14.7 Å². The molecule has 116 valence electrons. The van der Waals surface area contributed by atoms with Crippen LogP contribution in [-0.4, -0.2) is 39.4 Å². The molecule has 3 rings (SSSR count). The first-order valence-electron chi connectivity index (χ1n) is 7.35. The molecule has 1 amide bonds. The third-order valence-electron chi connectivity index (χ3n) is 3.64. The van der Waals surface area contributed by atoms with Crippen LogP contribution in [-0.2, 0) is 16.1 Å². The number of benzene rings is 1. The Morgan fingerprint density at radius 1 is 1.50 bits per heavy atom. The monoisotopic (exact) mass is 302 g/mol. The van der Waals surface area contributed by atoms with Crippen molar-refractivity contribution in [1.82, 2.24) is 15.3 Å². The van der Waals surface area contributed by atoms with E-state index in [0.29, 0.717) is 5.90 Å². The van der Waals surface area contributed by atoms with Crippen LogP contribution in [0.1, 0.15) is 25.5 Å². The van der Waals surface area contributed by atoms with Crippen LogP contribution in [0.2, 0.25) is 0 Å². The van der Waals surface area contributed by atoms with Gasteiger partial charge in [-0.05, 0) is 12.5 Å². The van der Waals surface area contributed by atoms with Gasteiger partial charge in [-0.15, -0.1) is 0 Å². The largest absolute Gasteiger partial charge is 0.473 e. The number of hydroxylamine groups is 1. The van der Waals surface area contributed by atoms with E-state index in [1.807, 2.05) is 28.9 Å². The zero-order valence-corrected chi connectivity index (χ0v) is 12.3. The molecule has 1 aliphatic heterocycles. The van der Waals surface area contributed by atoms with Gasteiger partial charge in [0, 0.05) is 11.9 Å². The third kappa shape index (κ3) is 2.55. The number of ether oxygens (including phenoxy) is 1. The number of carbonyl (C=O) groups excluding carboxylic acids is 1. The highest BCUT2D eigenvalue weighted by Gasteiger charge is 2.29. The minimum Gasteiger partial charge on any atom is -0.473 e. The lowest BCUT2D eigenvalue weighted by Gasteiger charge is -2.06. The Morgan fingerprint density at radius 2 is 2.32 bits per heavy atom. The van der Waals surface area contributed by atoms with Gasteiger partial charge < -0.3 is 4.74 Å². The smallest absolute Gasteiger partial charge is 0.271 e. The Labute approximate surface area is 127 Å². The number of rotatable bonds is 5.